The average Bonchev–Trinajstić information content (AvgIpc) is 3.23. The Morgan fingerprint density at radius 1 is 1.19 bits per heavy atom. The van der Waals surface area contributed by atoms with Crippen molar-refractivity contribution in [2.75, 3.05) is 19.6 Å². The quantitative estimate of drug-likeness (QED) is 0.308. The third-order valence-corrected chi connectivity index (χ3v) is 4.98. The lowest BCUT2D eigenvalue weighted by Gasteiger charge is -2.31. The Balaban J connectivity index is 1.97. The minimum Gasteiger partial charge on any atom is -0.480 e. The van der Waals surface area contributed by atoms with Crippen molar-refractivity contribution in [1.82, 2.24) is 15.1 Å². The molecule has 0 aromatic heterocycles. The number of β-amino-alcohol motifs (C(OH)–C–C–N with tert-alkyl or cyclic N) is 1. The molecule has 4 amide bonds. The average molecular weight is 385 g/mol. The van der Waals surface area contributed by atoms with Gasteiger partial charge >= 0.3 is 12.0 Å². The van der Waals surface area contributed by atoms with Crippen LogP contribution in [0.25, 0.3) is 0 Å². The van der Waals surface area contributed by atoms with Gasteiger partial charge in [-0.2, -0.15) is 0 Å². The molecule has 2 heterocycles. The lowest BCUT2D eigenvalue weighted by atomic mass is 10.1. The number of carboxylic acids is 1. The second-order valence-electron chi connectivity index (χ2n) is 6.96. The van der Waals surface area contributed by atoms with Gasteiger partial charge in [-0.25, -0.2) is 9.59 Å². The lowest BCUT2D eigenvalue weighted by Crippen LogP contribution is -2.54. The first-order valence-electron chi connectivity index (χ1n) is 9.03. The number of aliphatic hydroxyl groups is 1. The number of rotatable bonds is 7. The molecule has 0 aromatic carbocycles. The van der Waals surface area contributed by atoms with E-state index in [1.54, 1.807) is 0 Å². The van der Waals surface area contributed by atoms with Crippen LogP contribution in [0.3, 0.4) is 0 Å². The van der Waals surface area contributed by atoms with Crippen LogP contribution in [0.5, 0.6) is 0 Å². The zero-order chi connectivity index (χ0) is 20.1. The first kappa shape index (κ1) is 20.9. The topological polar surface area (TPSA) is 179 Å². The van der Waals surface area contributed by atoms with Crippen LogP contribution in [0, 0.1) is 0 Å². The Labute approximate surface area is 156 Å². The number of urea groups is 1. The van der Waals surface area contributed by atoms with Gasteiger partial charge in [-0.15, -0.1) is 0 Å². The Morgan fingerprint density at radius 2 is 1.89 bits per heavy atom. The number of aliphatic carboxylic acids is 1. The molecule has 0 aromatic rings. The summed E-state index contributed by atoms with van der Waals surface area (Å²) >= 11 is 0. The summed E-state index contributed by atoms with van der Waals surface area (Å²) in [6, 6.07) is -3.33. The maximum atomic E-state index is 12.8. The van der Waals surface area contributed by atoms with Crippen molar-refractivity contribution in [3.63, 3.8) is 0 Å². The van der Waals surface area contributed by atoms with Gasteiger partial charge in [0.2, 0.25) is 11.8 Å². The Bertz CT molecular complexity index is 600. The normalized spacial score (nSPS) is 26.1. The highest BCUT2D eigenvalue weighted by atomic mass is 16.4. The van der Waals surface area contributed by atoms with Gasteiger partial charge < -0.3 is 36.8 Å². The molecule has 0 saturated carbocycles. The van der Waals surface area contributed by atoms with E-state index in [0.29, 0.717) is 38.8 Å². The molecule has 2 fully saturated rings. The summed E-state index contributed by atoms with van der Waals surface area (Å²) in [6.45, 7) is 0.612. The van der Waals surface area contributed by atoms with Crippen LogP contribution in [0.1, 0.15) is 32.1 Å². The standard InChI is InChI=1S/C16H27N5O6/c17-10(3-1-5-19-16(18)27)13(23)20-6-2-4-11(20)14(24)21-8-9(22)7-12(21)15(25)26/h9-12,22H,1-8,17H2,(H,25,26)(H3,18,19,27)/t9-,10+,11+,12+/m1/s1. The molecule has 2 aliphatic rings. The van der Waals surface area contributed by atoms with E-state index in [2.05, 4.69) is 5.32 Å². The fraction of sp³-hybridized carbons (Fsp3) is 0.750. The molecule has 2 rings (SSSR count). The first-order valence-corrected chi connectivity index (χ1v) is 9.03. The van der Waals surface area contributed by atoms with Gasteiger partial charge in [0.15, 0.2) is 0 Å². The molecular formula is C16H27N5O6. The van der Waals surface area contributed by atoms with E-state index >= 15 is 0 Å². The molecule has 152 valence electrons. The highest BCUT2D eigenvalue weighted by Gasteiger charge is 2.45. The summed E-state index contributed by atoms with van der Waals surface area (Å²) in [6.07, 6.45) is 0.915. The van der Waals surface area contributed by atoms with Gasteiger partial charge in [-0.1, -0.05) is 0 Å². The molecule has 4 atom stereocenters. The molecule has 0 radical (unpaired) electrons. The van der Waals surface area contributed by atoms with Gasteiger partial charge in [-0.3, -0.25) is 9.59 Å². The number of amides is 4. The number of likely N-dealkylation sites (tertiary alicyclic amines) is 2. The van der Waals surface area contributed by atoms with E-state index in [9.17, 15) is 29.4 Å². The molecule has 27 heavy (non-hydrogen) atoms. The van der Waals surface area contributed by atoms with Crippen molar-refractivity contribution in [1.29, 1.82) is 0 Å². The summed E-state index contributed by atoms with van der Waals surface area (Å²) in [5.41, 5.74) is 10.9. The second kappa shape index (κ2) is 9.00. The number of carboxylic acid groups (broad SMARTS) is 1. The molecule has 7 N–H and O–H groups in total. The molecular weight excluding hydrogens is 358 g/mol. The molecule has 2 saturated heterocycles. The van der Waals surface area contributed by atoms with Crippen molar-refractivity contribution in [2.24, 2.45) is 11.5 Å². The fourth-order valence-corrected chi connectivity index (χ4v) is 3.64. The molecule has 0 aliphatic carbocycles. The first-order chi connectivity index (χ1) is 12.7. The number of nitrogens with one attached hydrogen (secondary N) is 1. The molecule has 11 heteroatoms. The summed E-state index contributed by atoms with van der Waals surface area (Å²) in [7, 11) is 0. The molecule has 11 nitrogen and oxygen atoms in total. The van der Waals surface area contributed by atoms with E-state index in [0.717, 1.165) is 4.90 Å². The minimum absolute atomic E-state index is 0.0197. The SMILES string of the molecule is NC(=O)NCCC[C@H](N)C(=O)N1CCC[C@H]1C(=O)N1C[C@H](O)C[C@H]1C(=O)O. The third kappa shape index (κ3) is 5.07. The highest BCUT2D eigenvalue weighted by molar-refractivity contribution is 5.92. The minimum atomic E-state index is -1.17. The predicted molar refractivity (Wildman–Crippen MR) is 93.3 cm³/mol. The van der Waals surface area contributed by atoms with Crippen molar-refractivity contribution < 1.29 is 29.4 Å². The molecule has 0 unspecified atom stereocenters. The summed E-state index contributed by atoms with van der Waals surface area (Å²) in [5.74, 6) is -2.02. The van der Waals surface area contributed by atoms with Crippen LogP contribution >= 0.6 is 0 Å². The van der Waals surface area contributed by atoms with Crippen molar-refractivity contribution >= 4 is 23.8 Å². The number of primary amides is 1. The van der Waals surface area contributed by atoms with Crippen LogP contribution in [-0.2, 0) is 14.4 Å². The summed E-state index contributed by atoms with van der Waals surface area (Å²) < 4.78 is 0. The maximum Gasteiger partial charge on any atom is 0.326 e. The number of carbonyl (C=O) groups is 4. The van der Waals surface area contributed by atoms with Crippen LogP contribution in [0.4, 0.5) is 4.79 Å². The number of aliphatic hydroxyl groups excluding tert-OH is 1. The second-order valence-corrected chi connectivity index (χ2v) is 6.96. The smallest absolute Gasteiger partial charge is 0.326 e. The number of nitrogens with zero attached hydrogens (tertiary/aromatic N) is 2. The van der Waals surface area contributed by atoms with Gasteiger partial charge in [0.25, 0.3) is 0 Å². The third-order valence-electron chi connectivity index (χ3n) is 4.98. The zero-order valence-electron chi connectivity index (χ0n) is 15.0. The lowest BCUT2D eigenvalue weighted by molar-refractivity contribution is -0.152. The Hall–Kier alpha value is -2.40. The maximum absolute atomic E-state index is 12.8. The van der Waals surface area contributed by atoms with E-state index in [1.165, 1.54) is 4.90 Å². The molecule has 0 bridgehead atoms. The van der Waals surface area contributed by atoms with Crippen molar-refractivity contribution in [3.8, 4) is 0 Å². The van der Waals surface area contributed by atoms with Crippen LogP contribution in [-0.4, -0.2) is 87.7 Å². The van der Waals surface area contributed by atoms with Crippen LogP contribution < -0.4 is 16.8 Å². The number of carbonyl (C=O) groups excluding carboxylic acids is 3. The van der Waals surface area contributed by atoms with Gasteiger partial charge in [0.1, 0.15) is 12.1 Å². The summed E-state index contributed by atoms with van der Waals surface area (Å²) in [4.78, 5) is 50.0. The van der Waals surface area contributed by atoms with E-state index in [1.807, 2.05) is 0 Å². The Morgan fingerprint density at radius 3 is 2.52 bits per heavy atom. The van der Waals surface area contributed by atoms with E-state index < -0.39 is 42.1 Å². The molecule has 2 aliphatic heterocycles. The number of hydrogen-bond donors (Lipinski definition) is 5. The van der Waals surface area contributed by atoms with Crippen LogP contribution in [0.15, 0.2) is 0 Å². The monoisotopic (exact) mass is 385 g/mol. The Kier molecular flexibility index (Phi) is 6.97. The van der Waals surface area contributed by atoms with E-state index in [4.69, 9.17) is 11.5 Å². The fourth-order valence-electron chi connectivity index (χ4n) is 3.64. The zero-order valence-corrected chi connectivity index (χ0v) is 15.0. The van der Waals surface area contributed by atoms with Crippen LogP contribution in [0.2, 0.25) is 0 Å². The van der Waals surface area contributed by atoms with Crippen molar-refractivity contribution in [3.05, 3.63) is 0 Å². The van der Waals surface area contributed by atoms with Gasteiger partial charge in [0.05, 0.1) is 12.1 Å². The highest BCUT2D eigenvalue weighted by Crippen LogP contribution is 2.26. The number of hydrogen-bond acceptors (Lipinski definition) is 6. The largest absolute Gasteiger partial charge is 0.480 e. The van der Waals surface area contributed by atoms with Gasteiger partial charge in [-0.05, 0) is 25.7 Å². The molecule has 0 spiro atoms. The number of nitrogens with two attached hydrogens (primary N) is 2. The van der Waals surface area contributed by atoms with E-state index in [-0.39, 0.29) is 18.9 Å². The predicted octanol–water partition coefficient (Wildman–Crippen LogP) is -2.20. The van der Waals surface area contributed by atoms with Gasteiger partial charge in [0, 0.05) is 26.1 Å². The van der Waals surface area contributed by atoms with Crippen molar-refractivity contribution in [2.45, 2.75) is 56.3 Å². The summed E-state index contributed by atoms with van der Waals surface area (Å²) in [5, 5.41) is 21.4.